The highest BCUT2D eigenvalue weighted by Gasteiger charge is 2.20. The summed E-state index contributed by atoms with van der Waals surface area (Å²) in [6, 6.07) is 12.4. The van der Waals surface area contributed by atoms with Crippen LogP contribution in [-0.4, -0.2) is 86.3 Å². The summed E-state index contributed by atoms with van der Waals surface area (Å²) in [6.07, 6.45) is 1.63. The molecular weight excluding hydrogens is 514 g/mol. The zero-order valence-corrected chi connectivity index (χ0v) is 22.7. The minimum absolute atomic E-state index is 0.334. The van der Waals surface area contributed by atoms with E-state index < -0.39 is 5.97 Å². The Morgan fingerprint density at radius 2 is 1.55 bits per heavy atom. The highest BCUT2D eigenvalue weighted by atomic mass is 16.6. The number of rotatable bonds is 9. The molecule has 0 unspecified atom stereocenters. The van der Waals surface area contributed by atoms with Gasteiger partial charge in [-0.3, -0.25) is 0 Å². The average Bonchev–Trinajstić information content (AvgIpc) is 2.99. The van der Waals surface area contributed by atoms with Crippen LogP contribution in [0.2, 0.25) is 0 Å². The van der Waals surface area contributed by atoms with E-state index in [0.717, 1.165) is 11.1 Å². The van der Waals surface area contributed by atoms with Crippen molar-refractivity contribution < 1.29 is 23.7 Å². The Bertz CT molecular complexity index is 1290. The lowest BCUT2D eigenvalue weighted by Crippen LogP contribution is -2.40. The number of hydrazone groups is 1. The first-order chi connectivity index (χ1) is 19.6. The molecule has 3 heterocycles. The second-order valence-electron chi connectivity index (χ2n) is 9.22. The Kier molecular flexibility index (Phi) is 8.99. The zero-order chi connectivity index (χ0) is 27.7. The van der Waals surface area contributed by atoms with Crippen molar-refractivity contribution in [1.29, 1.82) is 0 Å². The van der Waals surface area contributed by atoms with Crippen molar-refractivity contribution in [3.63, 3.8) is 0 Å². The van der Waals surface area contributed by atoms with Crippen LogP contribution >= 0.6 is 0 Å². The maximum Gasteiger partial charge on any atom is 0.343 e. The number of anilines is 3. The molecule has 5 rings (SSSR count). The summed E-state index contributed by atoms with van der Waals surface area (Å²) < 4.78 is 22.3. The molecule has 40 heavy (non-hydrogen) atoms. The minimum Gasteiger partial charge on any atom is -0.490 e. The fraction of sp³-hybridized carbons (Fsp3) is 0.393. The molecule has 2 aromatic carbocycles. The quantitative estimate of drug-likeness (QED) is 0.184. The van der Waals surface area contributed by atoms with Gasteiger partial charge >= 0.3 is 5.97 Å². The molecular formula is C28H33N7O5. The maximum atomic E-state index is 12.6. The molecule has 210 valence electrons. The number of esters is 1. The van der Waals surface area contributed by atoms with Crippen LogP contribution in [0.25, 0.3) is 0 Å². The third kappa shape index (κ3) is 7.01. The van der Waals surface area contributed by atoms with Gasteiger partial charge in [0.2, 0.25) is 17.8 Å². The van der Waals surface area contributed by atoms with Crippen LogP contribution in [0, 0.1) is 6.92 Å². The number of aromatic nitrogens is 3. The lowest BCUT2D eigenvalue weighted by molar-refractivity contribution is 0.0728. The number of nitrogens with one attached hydrogen (secondary N) is 1. The molecule has 0 atom stereocenters. The summed E-state index contributed by atoms with van der Waals surface area (Å²) in [5, 5.41) is 4.35. The summed E-state index contributed by atoms with van der Waals surface area (Å²) in [6.45, 7) is 9.55. The molecule has 2 saturated heterocycles. The number of morpholine rings is 2. The second-order valence-corrected chi connectivity index (χ2v) is 9.22. The van der Waals surface area contributed by atoms with Gasteiger partial charge in [-0.1, -0.05) is 17.7 Å². The molecule has 0 radical (unpaired) electrons. The van der Waals surface area contributed by atoms with Crippen molar-refractivity contribution in [2.45, 2.75) is 13.8 Å². The van der Waals surface area contributed by atoms with Crippen LogP contribution in [-0.2, 0) is 9.47 Å². The van der Waals surface area contributed by atoms with Crippen molar-refractivity contribution >= 4 is 30.0 Å². The van der Waals surface area contributed by atoms with Crippen molar-refractivity contribution in [2.24, 2.45) is 5.10 Å². The molecule has 0 saturated carbocycles. The molecule has 12 nitrogen and oxygen atoms in total. The number of carbonyl (C=O) groups excluding carboxylic acids is 1. The monoisotopic (exact) mass is 547 g/mol. The fourth-order valence-corrected chi connectivity index (χ4v) is 4.18. The zero-order valence-electron chi connectivity index (χ0n) is 22.7. The summed E-state index contributed by atoms with van der Waals surface area (Å²) in [7, 11) is 0. The van der Waals surface area contributed by atoms with Gasteiger partial charge < -0.3 is 28.7 Å². The summed E-state index contributed by atoms with van der Waals surface area (Å²) in [5.74, 6) is 1.82. The molecule has 2 aliphatic rings. The van der Waals surface area contributed by atoms with Crippen LogP contribution in [0.15, 0.2) is 47.6 Å². The molecule has 0 amide bonds. The standard InChI is InChI=1S/C28H33N7O5/c1-3-39-24-18-21(6-9-23(24)40-25(36)22-7-4-20(2)5-8-22)19-29-33-26-30-27(34-10-14-37-15-11-34)32-28(31-26)35-12-16-38-17-13-35/h4-9,18-19H,3,10-17H2,1-2H3,(H,30,31,32,33)/b29-19-. The minimum atomic E-state index is -0.453. The SMILES string of the molecule is CCOc1cc(/C=N\Nc2nc(N3CCOCC3)nc(N3CCOCC3)n2)ccc1OC(=O)c1ccc(C)cc1. The molecule has 12 heteroatoms. The van der Waals surface area contributed by atoms with Gasteiger partial charge in [0.05, 0.1) is 44.8 Å². The van der Waals surface area contributed by atoms with Gasteiger partial charge in [0.1, 0.15) is 0 Å². The van der Waals surface area contributed by atoms with Gasteiger partial charge in [-0.25, -0.2) is 10.2 Å². The Balaban J connectivity index is 1.31. The highest BCUT2D eigenvalue weighted by Crippen LogP contribution is 2.29. The molecule has 0 aliphatic carbocycles. The van der Waals surface area contributed by atoms with Gasteiger partial charge in [0.15, 0.2) is 11.5 Å². The van der Waals surface area contributed by atoms with E-state index in [9.17, 15) is 4.79 Å². The van der Waals surface area contributed by atoms with Crippen molar-refractivity contribution in [3.8, 4) is 11.5 Å². The molecule has 0 bridgehead atoms. The van der Waals surface area contributed by atoms with Gasteiger partial charge in [0.25, 0.3) is 0 Å². The molecule has 1 N–H and O–H groups in total. The van der Waals surface area contributed by atoms with Crippen LogP contribution in [0.5, 0.6) is 11.5 Å². The van der Waals surface area contributed by atoms with Crippen molar-refractivity contribution in [1.82, 2.24) is 15.0 Å². The average molecular weight is 548 g/mol. The Labute approximate surface area is 232 Å². The predicted molar refractivity (Wildman–Crippen MR) is 151 cm³/mol. The van der Waals surface area contributed by atoms with Crippen LogP contribution in [0.4, 0.5) is 17.8 Å². The maximum absolute atomic E-state index is 12.6. The third-order valence-electron chi connectivity index (χ3n) is 6.34. The molecule has 0 spiro atoms. The molecule has 2 fully saturated rings. The number of benzene rings is 2. The van der Waals surface area contributed by atoms with Crippen LogP contribution in [0.1, 0.15) is 28.4 Å². The first kappa shape index (κ1) is 27.3. The van der Waals surface area contributed by atoms with E-state index in [1.807, 2.05) is 26.0 Å². The smallest absolute Gasteiger partial charge is 0.343 e. The second kappa shape index (κ2) is 13.2. The fourth-order valence-electron chi connectivity index (χ4n) is 4.18. The number of nitrogens with zero attached hydrogens (tertiary/aromatic N) is 6. The Hall–Kier alpha value is -4.29. The van der Waals surface area contributed by atoms with E-state index in [1.54, 1.807) is 36.5 Å². The predicted octanol–water partition coefficient (Wildman–Crippen LogP) is 2.92. The van der Waals surface area contributed by atoms with E-state index >= 15 is 0 Å². The number of ether oxygens (including phenoxy) is 4. The molecule has 1 aromatic heterocycles. The van der Waals surface area contributed by atoms with Gasteiger partial charge in [-0.2, -0.15) is 20.1 Å². The number of hydrogen-bond donors (Lipinski definition) is 1. The van der Waals surface area contributed by atoms with Gasteiger partial charge in [0, 0.05) is 26.2 Å². The normalized spacial score (nSPS) is 15.8. The number of carbonyl (C=O) groups is 1. The van der Waals surface area contributed by atoms with E-state index in [-0.39, 0.29) is 0 Å². The number of hydrogen-bond acceptors (Lipinski definition) is 12. The third-order valence-corrected chi connectivity index (χ3v) is 6.34. The van der Waals surface area contributed by atoms with E-state index in [4.69, 9.17) is 23.9 Å². The Morgan fingerprint density at radius 1 is 0.925 bits per heavy atom. The van der Waals surface area contributed by atoms with Gasteiger partial charge in [-0.05, 0) is 49.7 Å². The summed E-state index contributed by atoms with van der Waals surface area (Å²) in [5.41, 5.74) is 5.21. The lowest BCUT2D eigenvalue weighted by atomic mass is 10.1. The highest BCUT2D eigenvalue weighted by molar-refractivity contribution is 5.91. The van der Waals surface area contributed by atoms with Gasteiger partial charge in [-0.15, -0.1) is 0 Å². The largest absolute Gasteiger partial charge is 0.490 e. The Morgan fingerprint density at radius 3 is 2.15 bits per heavy atom. The lowest BCUT2D eigenvalue weighted by Gasteiger charge is -2.30. The molecule has 3 aromatic rings. The van der Waals surface area contributed by atoms with Crippen LogP contribution < -0.4 is 24.7 Å². The van der Waals surface area contributed by atoms with E-state index in [1.165, 1.54) is 0 Å². The van der Waals surface area contributed by atoms with Crippen LogP contribution in [0.3, 0.4) is 0 Å². The summed E-state index contributed by atoms with van der Waals surface area (Å²) >= 11 is 0. The summed E-state index contributed by atoms with van der Waals surface area (Å²) in [4.78, 5) is 30.7. The first-order valence-electron chi connectivity index (χ1n) is 13.4. The molecule has 2 aliphatic heterocycles. The van der Waals surface area contributed by atoms with E-state index in [0.29, 0.717) is 94.1 Å². The van der Waals surface area contributed by atoms with Crippen molar-refractivity contribution in [2.75, 3.05) is 74.4 Å². The topological polar surface area (TPSA) is 124 Å². The van der Waals surface area contributed by atoms with Crippen molar-refractivity contribution in [3.05, 3.63) is 59.2 Å². The first-order valence-corrected chi connectivity index (χ1v) is 13.4. The number of aryl methyl sites for hydroxylation is 1. The van der Waals surface area contributed by atoms with E-state index in [2.05, 4.69) is 30.3 Å².